The van der Waals surface area contributed by atoms with Gasteiger partial charge >= 0.3 is 0 Å². The molecule has 0 radical (unpaired) electrons. The van der Waals surface area contributed by atoms with Crippen molar-refractivity contribution in [1.29, 1.82) is 0 Å². The molecule has 0 aliphatic carbocycles. The fourth-order valence-electron chi connectivity index (χ4n) is 4.01. The van der Waals surface area contributed by atoms with Gasteiger partial charge in [0.1, 0.15) is 5.75 Å². The van der Waals surface area contributed by atoms with Gasteiger partial charge in [-0.3, -0.25) is 4.79 Å². The number of aromatic amines is 1. The number of amides is 1. The molecule has 0 spiro atoms. The lowest BCUT2D eigenvalue weighted by Gasteiger charge is -2.17. The van der Waals surface area contributed by atoms with Crippen molar-refractivity contribution in [1.82, 2.24) is 20.3 Å². The van der Waals surface area contributed by atoms with Crippen LogP contribution in [0.1, 0.15) is 17.5 Å². The number of ether oxygens (including phenoxy) is 1. The molecule has 148 valence electrons. The average molecular weight is 389 g/mol. The van der Waals surface area contributed by atoms with Crippen molar-refractivity contribution in [3.05, 3.63) is 59.9 Å². The maximum Gasteiger partial charge on any atom is 0.225 e. The van der Waals surface area contributed by atoms with Crippen molar-refractivity contribution in [3.8, 4) is 17.1 Å². The lowest BCUT2D eigenvalue weighted by molar-refractivity contribution is -0.121. The molecular weight excluding hydrogens is 366 g/mol. The van der Waals surface area contributed by atoms with Crippen LogP contribution >= 0.6 is 0 Å². The Labute approximate surface area is 169 Å². The molecule has 7 nitrogen and oxygen atoms in total. The zero-order valence-corrected chi connectivity index (χ0v) is 16.1. The van der Waals surface area contributed by atoms with E-state index in [1.54, 1.807) is 6.20 Å². The van der Waals surface area contributed by atoms with E-state index >= 15 is 0 Å². The average Bonchev–Trinajstić information content (AvgIpc) is 3.49. The Morgan fingerprint density at radius 2 is 2.28 bits per heavy atom. The number of nitrogens with zero attached hydrogens (tertiary/aromatic N) is 3. The van der Waals surface area contributed by atoms with E-state index in [0.717, 1.165) is 55.2 Å². The largest absolute Gasteiger partial charge is 0.493 e. The maximum absolute atomic E-state index is 12.5. The first-order valence-electron chi connectivity index (χ1n) is 10.0. The second-order valence-corrected chi connectivity index (χ2v) is 7.54. The molecule has 2 N–H and O–H groups in total. The highest BCUT2D eigenvalue weighted by molar-refractivity contribution is 5.79. The Hall–Kier alpha value is -3.35. The van der Waals surface area contributed by atoms with E-state index in [1.807, 2.05) is 36.5 Å². The lowest BCUT2D eigenvalue weighted by Crippen LogP contribution is -2.38. The summed E-state index contributed by atoms with van der Waals surface area (Å²) < 4.78 is 5.53. The van der Waals surface area contributed by atoms with Crippen molar-refractivity contribution >= 4 is 11.9 Å². The first kappa shape index (κ1) is 17.7. The number of carbonyl (C=O) groups is 1. The molecule has 1 saturated heterocycles. The van der Waals surface area contributed by atoms with E-state index in [2.05, 4.69) is 31.2 Å². The number of benzene rings is 1. The van der Waals surface area contributed by atoms with E-state index in [4.69, 9.17) is 4.74 Å². The van der Waals surface area contributed by atoms with Gasteiger partial charge in [-0.1, -0.05) is 12.1 Å². The maximum atomic E-state index is 12.5. The van der Waals surface area contributed by atoms with E-state index < -0.39 is 0 Å². The van der Waals surface area contributed by atoms with Crippen LogP contribution in [0.5, 0.6) is 5.75 Å². The SMILES string of the molecule is O=C(Cc1ccc2c(c1)CCO2)NC1CCN(c2nccc(-c3ccc[nH]3)n2)C1. The number of H-pyrrole nitrogens is 1. The van der Waals surface area contributed by atoms with E-state index in [1.165, 1.54) is 5.56 Å². The Kier molecular flexibility index (Phi) is 4.63. The standard InChI is InChI=1S/C22H23N5O2/c28-21(13-15-3-4-20-16(12-15)7-11-29-20)25-17-6-10-27(14-17)22-24-9-5-19(26-22)18-2-1-8-23-18/h1-5,8-9,12,17,23H,6-7,10-11,13-14H2,(H,25,28). The summed E-state index contributed by atoms with van der Waals surface area (Å²) in [6.07, 6.45) is 5.86. The van der Waals surface area contributed by atoms with E-state index in [9.17, 15) is 4.79 Å². The summed E-state index contributed by atoms with van der Waals surface area (Å²) in [5.74, 6) is 1.70. The van der Waals surface area contributed by atoms with Crippen LogP contribution in [-0.4, -0.2) is 46.6 Å². The fourth-order valence-corrected chi connectivity index (χ4v) is 4.01. The molecule has 1 atom stereocenters. The molecule has 2 aliphatic rings. The van der Waals surface area contributed by atoms with Gasteiger partial charge in [0.2, 0.25) is 11.9 Å². The van der Waals surface area contributed by atoms with Crippen LogP contribution in [0.15, 0.2) is 48.8 Å². The fraction of sp³-hybridized carbons (Fsp3) is 0.318. The first-order chi connectivity index (χ1) is 14.2. The lowest BCUT2D eigenvalue weighted by atomic mass is 10.1. The topological polar surface area (TPSA) is 83.1 Å². The normalized spacial score (nSPS) is 17.8. The van der Waals surface area contributed by atoms with Gasteiger partial charge in [0.05, 0.1) is 24.4 Å². The zero-order valence-electron chi connectivity index (χ0n) is 16.1. The minimum atomic E-state index is 0.0526. The van der Waals surface area contributed by atoms with Crippen molar-refractivity contribution < 1.29 is 9.53 Å². The highest BCUT2D eigenvalue weighted by atomic mass is 16.5. The predicted octanol–water partition coefficient (Wildman–Crippen LogP) is 2.34. The molecule has 5 rings (SSSR count). The molecule has 0 saturated carbocycles. The van der Waals surface area contributed by atoms with Crippen molar-refractivity contribution in [2.75, 3.05) is 24.6 Å². The number of aromatic nitrogens is 3. The number of fused-ring (bicyclic) bond motifs is 1. The Balaban J connectivity index is 1.19. The number of hydrogen-bond donors (Lipinski definition) is 2. The molecule has 2 aromatic heterocycles. The summed E-state index contributed by atoms with van der Waals surface area (Å²) in [7, 11) is 0. The summed E-state index contributed by atoms with van der Waals surface area (Å²) in [5.41, 5.74) is 4.07. The molecule has 2 aliphatic heterocycles. The number of rotatable bonds is 5. The van der Waals surface area contributed by atoms with E-state index in [-0.39, 0.29) is 11.9 Å². The van der Waals surface area contributed by atoms with Crippen LogP contribution in [0.25, 0.3) is 11.4 Å². The van der Waals surface area contributed by atoms with Crippen LogP contribution in [-0.2, 0) is 17.6 Å². The van der Waals surface area contributed by atoms with Crippen LogP contribution in [0.3, 0.4) is 0 Å². The van der Waals surface area contributed by atoms with Gasteiger partial charge in [-0.2, -0.15) is 0 Å². The first-order valence-corrected chi connectivity index (χ1v) is 10.0. The second kappa shape index (κ2) is 7.58. The minimum absolute atomic E-state index is 0.0526. The van der Waals surface area contributed by atoms with Gasteiger partial charge in [0.25, 0.3) is 0 Å². The highest BCUT2D eigenvalue weighted by Gasteiger charge is 2.26. The quantitative estimate of drug-likeness (QED) is 0.700. The second-order valence-electron chi connectivity index (χ2n) is 7.54. The Morgan fingerprint density at radius 1 is 1.31 bits per heavy atom. The van der Waals surface area contributed by atoms with Gasteiger partial charge in [-0.05, 0) is 41.8 Å². The number of hydrogen-bond acceptors (Lipinski definition) is 5. The van der Waals surface area contributed by atoms with E-state index in [0.29, 0.717) is 12.4 Å². The summed E-state index contributed by atoms with van der Waals surface area (Å²) in [5, 5.41) is 3.16. The summed E-state index contributed by atoms with van der Waals surface area (Å²) >= 11 is 0. The molecule has 1 fully saturated rings. The van der Waals surface area contributed by atoms with Crippen molar-refractivity contribution in [2.24, 2.45) is 0 Å². The van der Waals surface area contributed by atoms with Crippen LogP contribution in [0, 0.1) is 0 Å². The van der Waals surface area contributed by atoms with Crippen molar-refractivity contribution in [3.63, 3.8) is 0 Å². The number of carbonyl (C=O) groups excluding carboxylic acids is 1. The summed E-state index contributed by atoms with van der Waals surface area (Å²) in [4.78, 5) is 26.9. The molecule has 1 aromatic carbocycles. The molecular formula is C22H23N5O2. The van der Waals surface area contributed by atoms with Crippen LogP contribution in [0.4, 0.5) is 5.95 Å². The van der Waals surface area contributed by atoms with Crippen LogP contribution < -0.4 is 15.0 Å². The molecule has 1 unspecified atom stereocenters. The van der Waals surface area contributed by atoms with Gasteiger partial charge in [-0.15, -0.1) is 0 Å². The molecule has 1 amide bonds. The molecule has 29 heavy (non-hydrogen) atoms. The summed E-state index contributed by atoms with van der Waals surface area (Å²) in [6, 6.07) is 12.0. The molecule has 4 heterocycles. The molecule has 7 heteroatoms. The molecule has 3 aromatic rings. The molecule has 0 bridgehead atoms. The third-order valence-corrected chi connectivity index (χ3v) is 5.47. The smallest absolute Gasteiger partial charge is 0.225 e. The predicted molar refractivity (Wildman–Crippen MR) is 110 cm³/mol. The van der Waals surface area contributed by atoms with Crippen LogP contribution in [0.2, 0.25) is 0 Å². The van der Waals surface area contributed by atoms with Gasteiger partial charge in [0.15, 0.2) is 0 Å². The highest BCUT2D eigenvalue weighted by Crippen LogP contribution is 2.26. The third-order valence-electron chi connectivity index (χ3n) is 5.47. The Morgan fingerprint density at radius 3 is 3.17 bits per heavy atom. The number of anilines is 1. The third kappa shape index (κ3) is 3.81. The van der Waals surface area contributed by atoms with Crippen molar-refractivity contribution in [2.45, 2.75) is 25.3 Å². The van der Waals surface area contributed by atoms with Gasteiger partial charge < -0.3 is 19.9 Å². The van der Waals surface area contributed by atoms with Gasteiger partial charge in [-0.25, -0.2) is 9.97 Å². The number of nitrogens with one attached hydrogen (secondary N) is 2. The van der Waals surface area contributed by atoms with Gasteiger partial charge in [0, 0.05) is 37.9 Å². The minimum Gasteiger partial charge on any atom is -0.493 e. The summed E-state index contributed by atoms with van der Waals surface area (Å²) in [6.45, 7) is 2.28. The Bertz CT molecular complexity index is 1020. The zero-order chi connectivity index (χ0) is 19.6. The monoisotopic (exact) mass is 389 g/mol.